The molecule has 0 saturated heterocycles. The Morgan fingerprint density at radius 3 is 2.42 bits per heavy atom. The molecule has 24 heavy (non-hydrogen) atoms. The van der Waals surface area contributed by atoms with Crippen LogP contribution in [0, 0.1) is 18.2 Å². The van der Waals surface area contributed by atoms with Gasteiger partial charge in [-0.2, -0.15) is 4.68 Å². The predicted molar refractivity (Wildman–Crippen MR) is 89.5 cm³/mol. The van der Waals surface area contributed by atoms with E-state index in [9.17, 15) is 4.39 Å². The van der Waals surface area contributed by atoms with Gasteiger partial charge in [0.25, 0.3) is 0 Å². The Balaban J connectivity index is 1.96. The molecule has 0 spiro atoms. The van der Waals surface area contributed by atoms with Crippen LogP contribution in [0.2, 0.25) is 0 Å². The number of pyridine rings is 1. The fraction of sp³-hybridized carbons (Fsp3) is 0.316. The van der Waals surface area contributed by atoms with E-state index in [-0.39, 0.29) is 11.2 Å². The van der Waals surface area contributed by atoms with E-state index in [0.717, 1.165) is 12.2 Å². The predicted octanol–water partition coefficient (Wildman–Crippen LogP) is 3.83. The van der Waals surface area contributed by atoms with Crippen LogP contribution in [-0.4, -0.2) is 19.7 Å². The first-order chi connectivity index (χ1) is 11.5. The zero-order valence-corrected chi connectivity index (χ0v) is 14.0. The van der Waals surface area contributed by atoms with E-state index in [1.54, 1.807) is 16.9 Å². The van der Waals surface area contributed by atoms with Crippen molar-refractivity contribution < 1.29 is 4.39 Å². The number of benzene rings is 1. The van der Waals surface area contributed by atoms with E-state index in [1.165, 1.54) is 6.07 Å². The molecule has 122 valence electrons. The summed E-state index contributed by atoms with van der Waals surface area (Å²) in [5, 5.41) is 4.53. The zero-order valence-electron chi connectivity index (χ0n) is 14.0. The van der Waals surface area contributed by atoms with Crippen LogP contribution in [0.15, 0.2) is 48.7 Å². The van der Waals surface area contributed by atoms with E-state index in [1.807, 2.05) is 37.3 Å². The molecule has 2 aromatic heterocycles. The normalized spacial score (nSPS) is 21.7. The summed E-state index contributed by atoms with van der Waals surface area (Å²) in [4.78, 5) is 9.07. The summed E-state index contributed by atoms with van der Waals surface area (Å²) >= 11 is 0. The van der Waals surface area contributed by atoms with E-state index in [0.29, 0.717) is 17.2 Å². The molecule has 2 heterocycles. The van der Waals surface area contributed by atoms with Crippen LogP contribution in [0.25, 0.3) is 5.82 Å². The number of hydrogen-bond donors (Lipinski definition) is 0. The quantitative estimate of drug-likeness (QED) is 0.736. The number of rotatable bonds is 3. The first-order valence-corrected chi connectivity index (χ1v) is 8.06. The molecule has 4 rings (SSSR count). The van der Waals surface area contributed by atoms with Crippen molar-refractivity contribution in [3.63, 3.8) is 0 Å². The molecule has 0 N–H and O–H groups in total. The summed E-state index contributed by atoms with van der Waals surface area (Å²) in [7, 11) is 0. The lowest BCUT2D eigenvalue weighted by atomic mass is 9.86. The van der Waals surface area contributed by atoms with Gasteiger partial charge in [-0.3, -0.25) is 0 Å². The molecule has 1 atom stereocenters. The van der Waals surface area contributed by atoms with Gasteiger partial charge in [0.15, 0.2) is 5.82 Å². The van der Waals surface area contributed by atoms with Gasteiger partial charge in [0.05, 0.1) is 5.41 Å². The van der Waals surface area contributed by atoms with Gasteiger partial charge < -0.3 is 0 Å². The molecular formula is C19H19FN4. The first-order valence-electron chi connectivity index (χ1n) is 8.06. The van der Waals surface area contributed by atoms with Crippen LogP contribution in [0.5, 0.6) is 0 Å². The molecule has 1 fully saturated rings. The van der Waals surface area contributed by atoms with Crippen LogP contribution in [-0.2, 0) is 5.41 Å². The van der Waals surface area contributed by atoms with Crippen molar-refractivity contribution in [3.8, 4) is 5.82 Å². The molecule has 3 aromatic rings. The molecule has 1 aliphatic carbocycles. The Kier molecular flexibility index (Phi) is 3.10. The molecule has 0 radical (unpaired) electrons. The lowest BCUT2D eigenvalue weighted by Gasteiger charge is -2.21. The van der Waals surface area contributed by atoms with Crippen molar-refractivity contribution in [2.45, 2.75) is 32.6 Å². The maximum atomic E-state index is 14.6. The third-order valence-corrected chi connectivity index (χ3v) is 5.03. The van der Waals surface area contributed by atoms with Crippen molar-refractivity contribution in [2.75, 3.05) is 0 Å². The summed E-state index contributed by atoms with van der Waals surface area (Å²) in [5.74, 6) is 1.92. The smallest absolute Gasteiger partial charge is 0.155 e. The minimum Gasteiger partial charge on any atom is -0.237 e. The Labute approximate surface area is 140 Å². The standard InChI is InChI=1S/C19H19FN4/c1-13-22-17(24(23-13)16-10-6-7-11-21-16)19(12-18(19,2)3)14-8-4-5-9-15(14)20/h4-11H,12H2,1-3H3. The highest BCUT2D eigenvalue weighted by molar-refractivity contribution is 5.47. The van der Waals surface area contributed by atoms with Crippen molar-refractivity contribution in [2.24, 2.45) is 5.41 Å². The summed E-state index contributed by atoms with van der Waals surface area (Å²) in [6.07, 6.45) is 2.55. The SMILES string of the molecule is Cc1nc(C2(c3ccccc3F)CC2(C)C)n(-c2ccccn2)n1. The number of nitrogens with zero attached hydrogens (tertiary/aromatic N) is 4. The number of halogens is 1. The van der Waals surface area contributed by atoms with Gasteiger partial charge in [0.2, 0.25) is 0 Å². The highest BCUT2D eigenvalue weighted by Gasteiger charge is 2.66. The average Bonchev–Trinajstić information content (AvgIpc) is 2.94. The molecule has 5 heteroatoms. The van der Waals surface area contributed by atoms with Crippen LogP contribution in [0.4, 0.5) is 4.39 Å². The highest BCUT2D eigenvalue weighted by Crippen LogP contribution is 2.67. The molecular weight excluding hydrogens is 303 g/mol. The van der Waals surface area contributed by atoms with E-state index < -0.39 is 5.41 Å². The number of hydrogen-bond acceptors (Lipinski definition) is 3. The van der Waals surface area contributed by atoms with Crippen molar-refractivity contribution in [1.82, 2.24) is 19.7 Å². The maximum absolute atomic E-state index is 14.6. The van der Waals surface area contributed by atoms with Crippen molar-refractivity contribution in [1.29, 1.82) is 0 Å². The van der Waals surface area contributed by atoms with Gasteiger partial charge in [-0.25, -0.2) is 14.4 Å². The van der Waals surface area contributed by atoms with Crippen LogP contribution < -0.4 is 0 Å². The topological polar surface area (TPSA) is 43.6 Å². The summed E-state index contributed by atoms with van der Waals surface area (Å²) in [6, 6.07) is 12.6. The second kappa shape index (κ2) is 4.97. The molecule has 1 unspecified atom stereocenters. The molecule has 0 amide bonds. The zero-order chi connectivity index (χ0) is 16.9. The fourth-order valence-corrected chi connectivity index (χ4v) is 3.72. The summed E-state index contributed by atoms with van der Waals surface area (Å²) in [5.41, 5.74) is 0.0952. The van der Waals surface area contributed by atoms with Gasteiger partial charge in [-0.1, -0.05) is 38.1 Å². The summed E-state index contributed by atoms with van der Waals surface area (Å²) in [6.45, 7) is 6.14. The molecule has 0 bridgehead atoms. The lowest BCUT2D eigenvalue weighted by Crippen LogP contribution is -2.23. The van der Waals surface area contributed by atoms with E-state index in [2.05, 4.69) is 28.9 Å². The van der Waals surface area contributed by atoms with Gasteiger partial charge in [0.1, 0.15) is 17.5 Å². The van der Waals surface area contributed by atoms with Crippen molar-refractivity contribution >= 4 is 0 Å². The van der Waals surface area contributed by atoms with Gasteiger partial charge in [-0.15, -0.1) is 5.10 Å². The molecule has 1 aliphatic rings. The minimum absolute atomic E-state index is 0.0960. The average molecular weight is 322 g/mol. The molecule has 1 aromatic carbocycles. The molecule has 1 saturated carbocycles. The molecule has 0 aliphatic heterocycles. The van der Waals surface area contributed by atoms with Crippen molar-refractivity contribution in [3.05, 3.63) is 71.7 Å². The summed E-state index contributed by atoms with van der Waals surface area (Å²) < 4.78 is 16.4. The Morgan fingerprint density at radius 2 is 1.79 bits per heavy atom. The van der Waals surface area contributed by atoms with Crippen LogP contribution in [0.3, 0.4) is 0 Å². The first kappa shape index (κ1) is 15.0. The van der Waals surface area contributed by atoms with Gasteiger partial charge >= 0.3 is 0 Å². The number of aryl methyl sites for hydroxylation is 1. The fourth-order valence-electron chi connectivity index (χ4n) is 3.72. The Bertz CT molecular complexity index is 901. The lowest BCUT2D eigenvalue weighted by molar-refractivity contribution is 0.494. The monoisotopic (exact) mass is 322 g/mol. The second-order valence-corrected chi connectivity index (χ2v) is 7.03. The van der Waals surface area contributed by atoms with Crippen LogP contribution in [0.1, 0.15) is 37.5 Å². The Hall–Kier alpha value is -2.56. The van der Waals surface area contributed by atoms with Gasteiger partial charge in [-0.05, 0) is 37.0 Å². The van der Waals surface area contributed by atoms with E-state index in [4.69, 9.17) is 0 Å². The van der Waals surface area contributed by atoms with Crippen LogP contribution >= 0.6 is 0 Å². The largest absolute Gasteiger partial charge is 0.237 e. The highest BCUT2D eigenvalue weighted by atomic mass is 19.1. The number of aromatic nitrogens is 4. The maximum Gasteiger partial charge on any atom is 0.155 e. The third kappa shape index (κ3) is 2.00. The minimum atomic E-state index is -0.489. The van der Waals surface area contributed by atoms with Gasteiger partial charge in [0, 0.05) is 11.8 Å². The Morgan fingerprint density at radius 1 is 1.08 bits per heavy atom. The third-order valence-electron chi connectivity index (χ3n) is 5.03. The second-order valence-electron chi connectivity index (χ2n) is 7.03. The molecule has 4 nitrogen and oxygen atoms in total. The van der Waals surface area contributed by atoms with E-state index >= 15 is 0 Å².